The van der Waals surface area contributed by atoms with Crippen molar-refractivity contribution in [2.75, 3.05) is 6.54 Å². The lowest BCUT2D eigenvalue weighted by Crippen LogP contribution is -2.24. The van der Waals surface area contributed by atoms with Crippen LogP contribution in [0.4, 0.5) is 4.39 Å². The zero-order chi connectivity index (χ0) is 15.1. The van der Waals surface area contributed by atoms with Crippen molar-refractivity contribution in [2.24, 2.45) is 0 Å². The second-order valence-corrected chi connectivity index (χ2v) is 5.16. The maximum atomic E-state index is 13.4. The summed E-state index contributed by atoms with van der Waals surface area (Å²) in [6.07, 6.45) is 7.61. The molecular formula is C17H22FN3. The van der Waals surface area contributed by atoms with Gasteiger partial charge in [-0.05, 0) is 42.6 Å². The van der Waals surface area contributed by atoms with Gasteiger partial charge in [-0.25, -0.2) is 4.39 Å². The third-order valence-corrected chi connectivity index (χ3v) is 3.48. The van der Waals surface area contributed by atoms with E-state index in [4.69, 9.17) is 0 Å². The highest BCUT2D eigenvalue weighted by Gasteiger charge is 2.13. The van der Waals surface area contributed by atoms with E-state index in [-0.39, 0.29) is 11.9 Å². The number of nitrogens with one attached hydrogen (secondary N) is 1. The highest BCUT2D eigenvalue weighted by molar-refractivity contribution is 5.20. The number of pyridine rings is 2. The molecule has 2 rings (SSSR count). The lowest BCUT2D eigenvalue weighted by molar-refractivity contribution is 0.517. The second-order valence-electron chi connectivity index (χ2n) is 5.16. The van der Waals surface area contributed by atoms with Gasteiger partial charge in [0.25, 0.3) is 0 Å². The molecule has 112 valence electrons. The summed E-state index contributed by atoms with van der Waals surface area (Å²) in [4.78, 5) is 8.44. The average Bonchev–Trinajstić information content (AvgIpc) is 2.52. The molecular weight excluding hydrogens is 265 g/mol. The first kappa shape index (κ1) is 15.6. The summed E-state index contributed by atoms with van der Waals surface area (Å²) in [6, 6.07) is 5.73. The molecule has 0 spiro atoms. The number of nitrogens with zero attached hydrogens (tertiary/aromatic N) is 2. The fraction of sp³-hybridized carbons (Fsp3) is 0.412. The summed E-state index contributed by atoms with van der Waals surface area (Å²) < 4.78 is 13.4. The molecule has 4 heteroatoms. The van der Waals surface area contributed by atoms with Crippen molar-refractivity contribution in [3.63, 3.8) is 0 Å². The Morgan fingerprint density at radius 2 is 2.05 bits per heavy atom. The van der Waals surface area contributed by atoms with Crippen molar-refractivity contribution in [1.29, 1.82) is 0 Å². The van der Waals surface area contributed by atoms with E-state index in [1.54, 1.807) is 12.3 Å². The van der Waals surface area contributed by atoms with Crippen LogP contribution in [0.3, 0.4) is 0 Å². The molecule has 1 atom stereocenters. The Morgan fingerprint density at radius 1 is 1.19 bits per heavy atom. The van der Waals surface area contributed by atoms with Crippen molar-refractivity contribution in [3.05, 3.63) is 59.4 Å². The van der Waals surface area contributed by atoms with Crippen LogP contribution in [0.15, 0.2) is 36.8 Å². The van der Waals surface area contributed by atoms with E-state index in [2.05, 4.69) is 35.2 Å². The summed E-state index contributed by atoms with van der Waals surface area (Å²) in [7, 11) is 0. The maximum Gasteiger partial charge on any atom is 0.141 e. The molecule has 0 aliphatic carbocycles. The van der Waals surface area contributed by atoms with E-state index >= 15 is 0 Å². The monoisotopic (exact) mass is 287 g/mol. The molecule has 0 aliphatic heterocycles. The van der Waals surface area contributed by atoms with Crippen LogP contribution in [-0.2, 0) is 12.8 Å². The third kappa shape index (κ3) is 4.60. The average molecular weight is 287 g/mol. The quantitative estimate of drug-likeness (QED) is 0.847. The Labute approximate surface area is 125 Å². The van der Waals surface area contributed by atoms with E-state index in [0.717, 1.165) is 37.1 Å². The first-order valence-electron chi connectivity index (χ1n) is 7.50. The molecule has 0 fully saturated rings. The van der Waals surface area contributed by atoms with Crippen molar-refractivity contribution in [3.8, 4) is 0 Å². The maximum absolute atomic E-state index is 13.4. The Kier molecular flexibility index (Phi) is 5.81. The van der Waals surface area contributed by atoms with Gasteiger partial charge >= 0.3 is 0 Å². The Balaban J connectivity index is 2.15. The van der Waals surface area contributed by atoms with Crippen molar-refractivity contribution < 1.29 is 4.39 Å². The van der Waals surface area contributed by atoms with Crippen molar-refractivity contribution >= 4 is 0 Å². The van der Waals surface area contributed by atoms with Gasteiger partial charge in [0.2, 0.25) is 0 Å². The van der Waals surface area contributed by atoms with Gasteiger partial charge in [-0.1, -0.05) is 19.9 Å². The van der Waals surface area contributed by atoms with Crippen LogP contribution in [0.25, 0.3) is 0 Å². The molecule has 0 saturated heterocycles. The van der Waals surface area contributed by atoms with Crippen LogP contribution < -0.4 is 5.32 Å². The summed E-state index contributed by atoms with van der Waals surface area (Å²) in [5.74, 6) is -0.301. The molecule has 1 N–H and O–H groups in total. The number of hydrogen-bond donors (Lipinski definition) is 1. The molecule has 21 heavy (non-hydrogen) atoms. The van der Waals surface area contributed by atoms with Gasteiger partial charge < -0.3 is 5.32 Å². The number of aryl methyl sites for hydroxylation is 1. The summed E-state index contributed by atoms with van der Waals surface area (Å²) in [5, 5.41) is 3.44. The fourth-order valence-corrected chi connectivity index (χ4v) is 2.24. The normalized spacial score (nSPS) is 12.3. The highest BCUT2D eigenvalue weighted by Crippen LogP contribution is 2.18. The molecule has 2 heterocycles. The first-order chi connectivity index (χ1) is 10.2. The second kappa shape index (κ2) is 7.84. The van der Waals surface area contributed by atoms with Crippen LogP contribution in [0, 0.1) is 5.82 Å². The van der Waals surface area contributed by atoms with E-state index in [1.807, 2.05) is 12.3 Å². The highest BCUT2D eigenvalue weighted by atomic mass is 19.1. The number of rotatable bonds is 7. The minimum Gasteiger partial charge on any atom is -0.310 e. The molecule has 0 amide bonds. The minimum absolute atomic E-state index is 0.0353. The van der Waals surface area contributed by atoms with E-state index < -0.39 is 0 Å². The van der Waals surface area contributed by atoms with Gasteiger partial charge in [0.05, 0.1) is 6.20 Å². The zero-order valence-corrected chi connectivity index (χ0v) is 12.6. The topological polar surface area (TPSA) is 37.8 Å². The van der Waals surface area contributed by atoms with E-state index in [1.165, 1.54) is 11.8 Å². The molecule has 2 aromatic heterocycles. The molecule has 0 aromatic carbocycles. The van der Waals surface area contributed by atoms with E-state index in [0.29, 0.717) is 0 Å². The Bertz CT molecular complexity index is 554. The SMILES string of the molecule is CCCNC(Cc1ccc(CC)cn1)c1cncc(F)c1. The zero-order valence-electron chi connectivity index (χ0n) is 12.6. The largest absolute Gasteiger partial charge is 0.310 e. The smallest absolute Gasteiger partial charge is 0.141 e. The fourth-order valence-electron chi connectivity index (χ4n) is 2.24. The van der Waals surface area contributed by atoms with Gasteiger partial charge in [0.15, 0.2) is 0 Å². The van der Waals surface area contributed by atoms with Crippen molar-refractivity contribution in [2.45, 2.75) is 39.2 Å². The molecule has 0 saturated carbocycles. The van der Waals surface area contributed by atoms with Crippen LogP contribution in [-0.4, -0.2) is 16.5 Å². The minimum atomic E-state index is -0.301. The first-order valence-corrected chi connectivity index (χ1v) is 7.50. The standard InChI is InChI=1S/C17H22FN3/c1-3-7-20-17(14-8-15(18)12-19-11-14)9-16-6-5-13(4-2)10-21-16/h5-6,8,10-12,17,20H,3-4,7,9H2,1-2H3. The summed E-state index contributed by atoms with van der Waals surface area (Å²) in [5.41, 5.74) is 3.10. The number of aromatic nitrogens is 2. The van der Waals surface area contributed by atoms with Gasteiger partial charge in [-0.3, -0.25) is 9.97 Å². The Hall–Kier alpha value is -1.81. The van der Waals surface area contributed by atoms with Gasteiger partial charge in [0, 0.05) is 30.6 Å². The molecule has 0 aliphatic rings. The van der Waals surface area contributed by atoms with Crippen LogP contribution in [0.2, 0.25) is 0 Å². The third-order valence-electron chi connectivity index (χ3n) is 3.48. The van der Waals surface area contributed by atoms with E-state index in [9.17, 15) is 4.39 Å². The Morgan fingerprint density at radius 3 is 2.67 bits per heavy atom. The molecule has 1 unspecified atom stereocenters. The molecule has 2 aromatic rings. The van der Waals surface area contributed by atoms with Crippen LogP contribution in [0.5, 0.6) is 0 Å². The lowest BCUT2D eigenvalue weighted by atomic mass is 10.0. The van der Waals surface area contributed by atoms with Crippen molar-refractivity contribution in [1.82, 2.24) is 15.3 Å². The van der Waals surface area contributed by atoms with Crippen LogP contribution >= 0.6 is 0 Å². The molecule has 0 bridgehead atoms. The van der Waals surface area contributed by atoms with Gasteiger partial charge in [-0.2, -0.15) is 0 Å². The predicted octanol–water partition coefficient (Wildman–Crippen LogP) is 3.46. The molecule has 3 nitrogen and oxygen atoms in total. The predicted molar refractivity (Wildman–Crippen MR) is 82.5 cm³/mol. The van der Waals surface area contributed by atoms with Crippen LogP contribution in [0.1, 0.15) is 43.1 Å². The van der Waals surface area contributed by atoms with Gasteiger partial charge in [-0.15, -0.1) is 0 Å². The lowest BCUT2D eigenvalue weighted by Gasteiger charge is -2.18. The molecule has 0 radical (unpaired) electrons. The summed E-state index contributed by atoms with van der Waals surface area (Å²) in [6.45, 7) is 5.11. The number of halogens is 1. The summed E-state index contributed by atoms with van der Waals surface area (Å²) >= 11 is 0. The van der Waals surface area contributed by atoms with Gasteiger partial charge in [0.1, 0.15) is 5.82 Å². The number of hydrogen-bond acceptors (Lipinski definition) is 3.